The molecule has 4 fully saturated rings. The van der Waals surface area contributed by atoms with Crippen LogP contribution in [0.25, 0.3) is 0 Å². The van der Waals surface area contributed by atoms with Gasteiger partial charge in [0.1, 0.15) is 12.0 Å². The van der Waals surface area contributed by atoms with Crippen molar-refractivity contribution in [2.24, 2.45) is 23.2 Å². The van der Waals surface area contributed by atoms with Crippen molar-refractivity contribution in [2.75, 3.05) is 32.8 Å². The Kier molecular flexibility index (Phi) is 4.62. The quantitative estimate of drug-likeness (QED) is 0.535. The van der Waals surface area contributed by atoms with E-state index in [2.05, 4.69) is 19.9 Å². The molecule has 6 heteroatoms. The van der Waals surface area contributed by atoms with Crippen molar-refractivity contribution >= 4 is 5.97 Å². The molecule has 0 amide bonds. The summed E-state index contributed by atoms with van der Waals surface area (Å²) in [6, 6.07) is 0. The van der Waals surface area contributed by atoms with Crippen LogP contribution in [0.5, 0.6) is 0 Å². The summed E-state index contributed by atoms with van der Waals surface area (Å²) in [4.78, 5) is 14.2. The lowest BCUT2D eigenvalue weighted by Gasteiger charge is -2.51. The Balaban J connectivity index is 1.31. The van der Waals surface area contributed by atoms with Gasteiger partial charge in [0.05, 0.1) is 51.8 Å². The second kappa shape index (κ2) is 6.79. The van der Waals surface area contributed by atoms with E-state index in [0.717, 1.165) is 51.7 Å². The number of piperidine rings is 1. The number of esters is 1. The number of carbonyl (C=O) groups is 1. The predicted octanol–water partition coefficient (Wildman–Crippen LogP) is 0.693. The van der Waals surface area contributed by atoms with Crippen molar-refractivity contribution < 1.29 is 29.0 Å². The highest BCUT2D eigenvalue weighted by Gasteiger charge is 2.60. The van der Waals surface area contributed by atoms with Crippen LogP contribution in [0, 0.1) is 23.2 Å². The summed E-state index contributed by atoms with van der Waals surface area (Å²) in [6.07, 6.45) is 6.34. The van der Waals surface area contributed by atoms with E-state index in [-0.39, 0.29) is 35.1 Å². The van der Waals surface area contributed by atoms with E-state index in [1.807, 2.05) is 0 Å². The van der Waals surface area contributed by atoms with Gasteiger partial charge in [0.25, 0.3) is 0 Å². The van der Waals surface area contributed by atoms with Gasteiger partial charge in [-0.1, -0.05) is 25.5 Å². The summed E-state index contributed by atoms with van der Waals surface area (Å²) in [5.41, 5.74) is 1.08. The van der Waals surface area contributed by atoms with Gasteiger partial charge in [-0.25, -0.2) is 0 Å². The van der Waals surface area contributed by atoms with E-state index in [1.165, 1.54) is 10.5 Å². The normalized spacial score (nSPS) is 45.5. The molecule has 3 heterocycles. The number of aliphatic hydroxyl groups is 1. The molecule has 0 radical (unpaired) electrons. The molecule has 0 aromatic heterocycles. The molecule has 5 aliphatic rings. The van der Waals surface area contributed by atoms with Crippen LogP contribution in [0.2, 0.25) is 0 Å². The minimum atomic E-state index is -0.513. The third kappa shape index (κ3) is 2.79. The minimum absolute atomic E-state index is 0.0856. The van der Waals surface area contributed by atoms with E-state index < -0.39 is 6.10 Å². The number of fused-ring (bicyclic) bond motifs is 2. The maximum atomic E-state index is 12.8. The first-order chi connectivity index (χ1) is 13.4. The first-order valence-corrected chi connectivity index (χ1v) is 11.1. The predicted molar refractivity (Wildman–Crippen MR) is 102 cm³/mol. The average Bonchev–Trinajstić information content (AvgIpc) is 3.25. The van der Waals surface area contributed by atoms with E-state index in [4.69, 9.17) is 14.2 Å². The molecule has 0 aromatic carbocycles. The zero-order valence-electron chi connectivity index (χ0n) is 17.1. The van der Waals surface area contributed by atoms with Crippen molar-refractivity contribution in [3.8, 4) is 0 Å². The molecule has 3 saturated heterocycles. The van der Waals surface area contributed by atoms with Gasteiger partial charge < -0.3 is 24.2 Å². The van der Waals surface area contributed by atoms with Gasteiger partial charge in [-0.2, -0.15) is 0 Å². The van der Waals surface area contributed by atoms with E-state index in [0.29, 0.717) is 19.1 Å². The van der Waals surface area contributed by atoms with Crippen LogP contribution in [0.3, 0.4) is 0 Å². The Hall–Kier alpha value is -0.950. The van der Waals surface area contributed by atoms with Crippen molar-refractivity contribution in [2.45, 2.75) is 63.9 Å². The minimum Gasteiger partial charge on any atom is -0.461 e. The molecule has 0 unspecified atom stereocenters. The zero-order chi connectivity index (χ0) is 19.5. The van der Waals surface area contributed by atoms with Gasteiger partial charge >= 0.3 is 5.97 Å². The highest BCUT2D eigenvalue weighted by atomic mass is 16.7. The lowest BCUT2D eigenvalue weighted by Crippen LogP contribution is -3.14. The smallest absolute Gasteiger partial charge is 0.315 e. The first-order valence-electron chi connectivity index (χ1n) is 11.1. The molecule has 0 aromatic rings. The molecule has 2 aliphatic carbocycles. The van der Waals surface area contributed by atoms with Crippen LogP contribution >= 0.6 is 0 Å². The van der Waals surface area contributed by atoms with Crippen LogP contribution in [-0.2, 0) is 19.0 Å². The van der Waals surface area contributed by atoms with Gasteiger partial charge in [-0.05, 0) is 18.8 Å². The zero-order valence-corrected chi connectivity index (χ0v) is 17.1. The lowest BCUT2D eigenvalue weighted by atomic mass is 9.55. The average molecular weight is 393 g/mol. The van der Waals surface area contributed by atoms with Gasteiger partial charge in [0.2, 0.25) is 0 Å². The standard InChI is InChI=1S/C22H33NO5/c1-14-4-3-5-15-12-17-18(19(24)21(14,15)2)16(20(25)28-17)13-23-8-6-22(7-9-23)26-10-11-27-22/h5,14,16-19,24H,3-4,6-13H2,1-2H3/p+1/t14-,16+,17-,18-,19-,21-/m1/s1. The van der Waals surface area contributed by atoms with Gasteiger partial charge in [0, 0.05) is 17.8 Å². The maximum Gasteiger partial charge on any atom is 0.315 e. The molecular weight excluding hydrogens is 358 g/mol. The molecule has 156 valence electrons. The van der Waals surface area contributed by atoms with Crippen molar-refractivity contribution in [1.82, 2.24) is 0 Å². The van der Waals surface area contributed by atoms with Crippen LogP contribution in [0.4, 0.5) is 0 Å². The highest BCUT2D eigenvalue weighted by Crippen LogP contribution is 2.55. The van der Waals surface area contributed by atoms with Crippen molar-refractivity contribution in [3.63, 3.8) is 0 Å². The number of aliphatic hydroxyl groups excluding tert-OH is 1. The molecule has 0 bridgehead atoms. The summed E-state index contributed by atoms with van der Waals surface area (Å²) < 4.78 is 17.5. The maximum absolute atomic E-state index is 12.8. The van der Waals surface area contributed by atoms with Gasteiger partial charge in [0.15, 0.2) is 5.79 Å². The lowest BCUT2D eigenvalue weighted by molar-refractivity contribution is -0.911. The molecule has 6 atom stereocenters. The fraction of sp³-hybridized carbons (Fsp3) is 0.864. The Morgan fingerprint density at radius 1 is 1.25 bits per heavy atom. The fourth-order valence-electron chi connectivity index (χ4n) is 6.58. The molecule has 6 nitrogen and oxygen atoms in total. The van der Waals surface area contributed by atoms with Crippen LogP contribution < -0.4 is 4.90 Å². The molecular formula is C22H34NO5+. The monoisotopic (exact) mass is 392 g/mol. The van der Waals surface area contributed by atoms with Crippen LogP contribution in [0.15, 0.2) is 11.6 Å². The SMILES string of the molecule is C[C@@H]1CCC=C2C[C@H]3OC(=O)[C@@H](C[NH+]4CCC5(CC4)OCCO5)[C@H]3[C@@H](O)[C@@]21C. The molecule has 2 N–H and O–H groups in total. The first kappa shape index (κ1) is 19.0. The van der Waals surface area contributed by atoms with Crippen LogP contribution in [0.1, 0.15) is 46.0 Å². The van der Waals surface area contributed by atoms with E-state index in [9.17, 15) is 9.90 Å². The summed E-state index contributed by atoms with van der Waals surface area (Å²) in [7, 11) is 0. The van der Waals surface area contributed by atoms with Crippen LogP contribution in [-0.4, -0.2) is 61.9 Å². The molecule has 3 aliphatic heterocycles. The molecule has 1 saturated carbocycles. The Morgan fingerprint density at radius 2 is 1.96 bits per heavy atom. The number of ether oxygens (including phenoxy) is 3. The third-order valence-corrected chi connectivity index (χ3v) is 8.61. The van der Waals surface area contributed by atoms with Gasteiger partial charge in [-0.15, -0.1) is 0 Å². The molecule has 1 spiro atoms. The Morgan fingerprint density at radius 3 is 2.68 bits per heavy atom. The number of likely N-dealkylation sites (tertiary alicyclic amines) is 1. The number of rotatable bonds is 2. The van der Waals surface area contributed by atoms with E-state index in [1.54, 1.807) is 0 Å². The number of hydrogen-bond acceptors (Lipinski definition) is 5. The van der Waals surface area contributed by atoms with Crippen molar-refractivity contribution in [1.29, 1.82) is 0 Å². The van der Waals surface area contributed by atoms with Gasteiger partial charge in [-0.3, -0.25) is 4.79 Å². The largest absolute Gasteiger partial charge is 0.461 e. The third-order valence-electron chi connectivity index (χ3n) is 8.61. The Labute approximate surface area is 167 Å². The highest BCUT2D eigenvalue weighted by molar-refractivity contribution is 5.76. The fourth-order valence-corrected chi connectivity index (χ4v) is 6.58. The number of nitrogens with one attached hydrogen (secondary N) is 1. The number of hydrogen-bond donors (Lipinski definition) is 2. The summed E-state index contributed by atoms with van der Waals surface area (Å²) in [6.45, 7) is 8.46. The second-order valence-corrected chi connectivity index (χ2v) is 9.86. The molecule has 5 rings (SSSR count). The molecule has 28 heavy (non-hydrogen) atoms. The van der Waals surface area contributed by atoms with E-state index >= 15 is 0 Å². The number of carbonyl (C=O) groups excluding carboxylic acids is 1. The summed E-state index contributed by atoms with van der Waals surface area (Å²) >= 11 is 0. The topological polar surface area (TPSA) is 69.4 Å². The van der Waals surface area contributed by atoms with Crippen molar-refractivity contribution in [3.05, 3.63) is 11.6 Å². The summed E-state index contributed by atoms with van der Waals surface area (Å²) in [5, 5.41) is 11.5. The summed E-state index contributed by atoms with van der Waals surface area (Å²) in [5.74, 6) is -0.346. The Bertz CT molecular complexity index is 662. The second-order valence-electron chi connectivity index (χ2n) is 9.86. The number of allylic oxidation sites excluding steroid dienone is 1. The number of quaternary nitrogens is 1.